The van der Waals surface area contributed by atoms with Gasteiger partial charge in [-0.3, -0.25) is 0 Å². The first-order valence-electron chi connectivity index (χ1n) is 4.50. The van der Waals surface area contributed by atoms with Crippen LogP contribution >= 0.6 is 0 Å². The van der Waals surface area contributed by atoms with Gasteiger partial charge in [0.25, 0.3) is 0 Å². The number of hydrogen-bond donors (Lipinski definition) is 0. The Morgan fingerprint density at radius 3 is 2.50 bits per heavy atom. The summed E-state index contributed by atoms with van der Waals surface area (Å²) in [7, 11) is 0. The SMILES string of the molecule is CC.Cc1cc(-n2cncn2)ncn1. The minimum absolute atomic E-state index is 0.736. The summed E-state index contributed by atoms with van der Waals surface area (Å²) in [5.41, 5.74) is 0.913. The zero-order chi connectivity index (χ0) is 10.4. The summed E-state index contributed by atoms with van der Waals surface area (Å²) in [5.74, 6) is 0.736. The Morgan fingerprint density at radius 2 is 1.93 bits per heavy atom. The van der Waals surface area contributed by atoms with Crippen LogP contribution in [0.1, 0.15) is 19.5 Å². The predicted molar refractivity (Wildman–Crippen MR) is 53.0 cm³/mol. The van der Waals surface area contributed by atoms with Gasteiger partial charge in [0, 0.05) is 11.8 Å². The van der Waals surface area contributed by atoms with E-state index in [4.69, 9.17) is 0 Å². The van der Waals surface area contributed by atoms with Crippen LogP contribution in [0.25, 0.3) is 5.82 Å². The summed E-state index contributed by atoms with van der Waals surface area (Å²) < 4.78 is 1.59. The lowest BCUT2D eigenvalue weighted by molar-refractivity contribution is 0.833. The van der Waals surface area contributed by atoms with Gasteiger partial charge in [-0.1, -0.05) is 13.8 Å². The summed E-state index contributed by atoms with van der Waals surface area (Å²) >= 11 is 0. The molecule has 0 fully saturated rings. The standard InChI is InChI=1S/C7H7N5.C2H6/c1-6-2-7(10-4-9-6)12-5-8-3-11-12;1-2/h2-5H,1H3;1-2H3. The van der Waals surface area contributed by atoms with E-state index in [0.29, 0.717) is 0 Å². The van der Waals surface area contributed by atoms with Gasteiger partial charge in [0.2, 0.25) is 0 Å². The Hall–Kier alpha value is -1.78. The molecule has 0 bridgehead atoms. The van der Waals surface area contributed by atoms with Crippen molar-refractivity contribution in [3.05, 3.63) is 30.7 Å². The van der Waals surface area contributed by atoms with Gasteiger partial charge in [-0.2, -0.15) is 5.10 Å². The molecule has 2 rings (SSSR count). The van der Waals surface area contributed by atoms with Crippen molar-refractivity contribution in [1.29, 1.82) is 0 Å². The van der Waals surface area contributed by atoms with E-state index in [1.165, 1.54) is 12.7 Å². The number of hydrogen-bond acceptors (Lipinski definition) is 4. The number of rotatable bonds is 1. The van der Waals surface area contributed by atoms with Gasteiger partial charge in [-0.25, -0.2) is 19.6 Å². The molecular weight excluding hydrogens is 178 g/mol. The van der Waals surface area contributed by atoms with Crippen LogP contribution in [-0.4, -0.2) is 24.7 Å². The smallest absolute Gasteiger partial charge is 0.158 e. The summed E-state index contributed by atoms with van der Waals surface area (Å²) in [6, 6.07) is 1.84. The number of aryl methyl sites for hydroxylation is 1. The predicted octanol–water partition coefficient (Wildman–Crippen LogP) is 1.39. The fourth-order valence-corrected chi connectivity index (χ4v) is 0.892. The molecule has 0 unspecified atom stereocenters. The van der Waals surface area contributed by atoms with E-state index in [2.05, 4.69) is 20.1 Å². The van der Waals surface area contributed by atoms with Crippen LogP contribution in [0, 0.1) is 6.92 Å². The van der Waals surface area contributed by atoms with Crippen molar-refractivity contribution < 1.29 is 0 Å². The zero-order valence-corrected chi connectivity index (χ0v) is 8.55. The Bertz CT molecular complexity index is 368. The first-order chi connectivity index (χ1) is 6.86. The lowest BCUT2D eigenvalue weighted by Gasteiger charge is -1.97. The van der Waals surface area contributed by atoms with Crippen LogP contribution in [0.2, 0.25) is 0 Å². The minimum atomic E-state index is 0.736. The maximum absolute atomic E-state index is 4.03. The third-order valence-electron chi connectivity index (χ3n) is 1.44. The van der Waals surface area contributed by atoms with Crippen molar-refractivity contribution in [3.63, 3.8) is 0 Å². The Labute approximate surface area is 82.9 Å². The molecule has 2 heterocycles. The second-order valence-electron chi connectivity index (χ2n) is 2.36. The lowest BCUT2D eigenvalue weighted by atomic mass is 10.4. The molecule has 5 nitrogen and oxygen atoms in total. The maximum Gasteiger partial charge on any atom is 0.158 e. The van der Waals surface area contributed by atoms with Crippen molar-refractivity contribution in [2.24, 2.45) is 0 Å². The maximum atomic E-state index is 4.03. The van der Waals surface area contributed by atoms with Gasteiger partial charge in [-0.05, 0) is 6.92 Å². The van der Waals surface area contributed by atoms with Gasteiger partial charge < -0.3 is 0 Å². The summed E-state index contributed by atoms with van der Waals surface area (Å²) in [4.78, 5) is 11.8. The van der Waals surface area contributed by atoms with Crippen LogP contribution in [-0.2, 0) is 0 Å². The van der Waals surface area contributed by atoms with Crippen molar-refractivity contribution in [1.82, 2.24) is 24.7 Å². The first kappa shape index (κ1) is 10.3. The van der Waals surface area contributed by atoms with Gasteiger partial charge in [0.05, 0.1) is 0 Å². The molecule has 0 atom stereocenters. The van der Waals surface area contributed by atoms with E-state index >= 15 is 0 Å². The van der Waals surface area contributed by atoms with Gasteiger partial charge in [-0.15, -0.1) is 0 Å². The molecule has 0 saturated heterocycles. The molecule has 0 saturated carbocycles. The summed E-state index contributed by atoms with van der Waals surface area (Å²) in [6.07, 6.45) is 4.57. The van der Waals surface area contributed by atoms with Crippen molar-refractivity contribution in [2.75, 3.05) is 0 Å². The van der Waals surface area contributed by atoms with E-state index < -0.39 is 0 Å². The quantitative estimate of drug-likeness (QED) is 0.683. The molecule has 5 heteroatoms. The molecule has 0 amide bonds. The van der Waals surface area contributed by atoms with Crippen molar-refractivity contribution >= 4 is 0 Å². The summed E-state index contributed by atoms with van der Waals surface area (Å²) in [6.45, 7) is 5.90. The molecule has 0 aliphatic heterocycles. The average molecular weight is 191 g/mol. The van der Waals surface area contributed by atoms with E-state index in [1.54, 1.807) is 11.0 Å². The largest absolute Gasteiger partial charge is 0.242 e. The second kappa shape index (κ2) is 5.06. The van der Waals surface area contributed by atoms with Crippen LogP contribution < -0.4 is 0 Å². The fourth-order valence-electron chi connectivity index (χ4n) is 0.892. The van der Waals surface area contributed by atoms with Gasteiger partial charge in [0.15, 0.2) is 5.82 Å². The number of nitrogens with zero attached hydrogens (tertiary/aromatic N) is 5. The normalized spacial score (nSPS) is 9.07. The molecule has 74 valence electrons. The molecule has 0 aromatic carbocycles. The van der Waals surface area contributed by atoms with E-state index in [-0.39, 0.29) is 0 Å². The molecule has 2 aromatic rings. The average Bonchev–Trinajstić information content (AvgIpc) is 2.74. The molecule has 2 aromatic heterocycles. The Kier molecular flexibility index (Phi) is 3.72. The highest BCUT2D eigenvalue weighted by Crippen LogP contribution is 2.00. The Morgan fingerprint density at radius 1 is 1.14 bits per heavy atom. The highest BCUT2D eigenvalue weighted by atomic mass is 15.3. The molecule has 0 radical (unpaired) electrons. The van der Waals surface area contributed by atoms with E-state index in [0.717, 1.165) is 11.5 Å². The monoisotopic (exact) mass is 191 g/mol. The van der Waals surface area contributed by atoms with Crippen LogP contribution in [0.3, 0.4) is 0 Å². The second-order valence-corrected chi connectivity index (χ2v) is 2.36. The highest BCUT2D eigenvalue weighted by Gasteiger charge is 1.97. The molecular formula is C9H13N5. The minimum Gasteiger partial charge on any atom is -0.242 e. The Balaban J connectivity index is 0.000000461. The van der Waals surface area contributed by atoms with Crippen molar-refractivity contribution in [3.8, 4) is 5.82 Å². The third-order valence-corrected chi connectivity index (χ3v) is 1.44. The van der Waals surface area contributed by atoms with Crippen molar-refractivity contribution in [2.45, 2.75) is 20.8 Å². The topological polar surface area (TPSA) is 56.5 Å². The summed E-state index contributed by atoms with van der Waals surface area (Å²) in [5, 5.41) is 3.94. The molecule has 14 heavy (non-hydrogen) atoms. The molecule has 0 aliphatic rings. The fraction of sp³-hybridized carbons (Fsp3) is 0.333. The highest BCUT2D eigenvalue weighted by molar-refractivity contribution is 5.20. The molecule has 0 N–H and O–H groups in total. The zero-order valence-electron chi connectivity index (χ0n) is 8.55. The first-order valence-corrected chi connectivity index (χ1v) is 4.50. The lowest BCUT2D eigenvalue weighted by Crippen LogP contribution is -1.98. The van der Waals surface area contributed by atoms with Gasteiger partial charge in [0.1, 0.15) is 19.0 Å². The van der Waals surface area contributed by atoms with E-state index in [9.17, 15) is 0 Å². The number of aromatic nitrogens is 5. The third kappa shape index (κ3) is 2.35. The van der Waals surface area contributed by atoms with Gasteiger partial charge >= 0.3 is 0 Å². The molecule has 0 aliphatic carbocycles. The van der Waals surface area contributed by atoms with E-state index in [1.807, 2.05) is 26.8 Å². The van der Waals surface area contributed by atoms with Crippen LogP contribution in [0.15, 0.2) is 25.0 Å². The van der Waals surface area contributed by atoms with Crippen LogP contribution in [0.5, 0.6) is 0 Å². The van der Waals surface area contributed by atoms with Crippen LogP contribution in [0.4, 0.5) is 0 Å². The molecule has 0 spiro atoms.